The summed E-state index contributed by atoms with van der Waals surface area (Å²) in [7, 11) is 0. The number of ether oxygens (including phenoxy) is 1. The van der Waals surface area contributed by atoms with Crippen LogP contribution >= 0.6 is 0 Å². The lowest BCUT2D eigenvalue weighted by Gasteiger charge is -2.19. The second-order valence-electron chi connectivity index (χ2n) is 5.56. The van der Waals surface area contributed by atoms with E-state index in [1.54, 1.807) is 0 Å². The van der Waals surface area contributed by atoms with Crippen LogP contribution in [0.15, 0.2) is 24.3 Å². The minimum Gasteiger partial charge on any atom is -0.382 e. The fraction of sp³-hybridized carbons (Fsp3) is 0.529. The summed E-state index contributed by atoms with van der Waals surface area (Å²) in [4.78, 5) is 11.8. The Labute approximate surface area is 131 Å². The average molecular weight is 300 g/mol. The number of hydrogen-bond donors (Lipinski definition) is 1. The predicted octanol–water partition coefficient (Wildman–Crippen LogP) is 3.07. The summed E-state index contributed by atoms with van der Waals surface area (Å²) in [6.07, 6.45) is 3.45. The number of anilines is 2. The van der Waals surface area contributed by atoms with Gasteiger partial charge in [0.25, 0.3) is 0 Å². The molecule has 1 aliphatic rings. The molecule has 3 rings (SSSR count). The number of benzene rings is 1. The summed E-state index contributed by atoms with van der Waals surface area (Å²) in [5.41, 5.74) is 1.01. The fourth-order valence-electron chi connectivity index (χ4n) is 2.83. The third-order valence-electron chi connectivity index (χ3n) is 3.94. The van der Waals surface area contributed by atoms with Gasteiger partial charge >= 0.3 is 0 Å². The van der Waals surface area contributed by atoms with E-state index in [2.05, 4.69) is 33.4 Å². The Bertz CT molecular complexity index is 611. The second kappa shape index (κ2) is 7.40. The molecule has 0 amide bonds. The number of para-hydroxylation sites is 1. The smallest absolute Gasteiger partial charge is 0.225 e. The van der Waals surface area contributed by atoms with E-state index in [4.69, 9.17) is 9.72 Å². The number of aromatic nitrogens is 2. The average Bonchev–Trinajstić information content (AvgIpc) is 3.08. The molecule has 22 heavy (non-hydrogen) atoms. The van der Waals surface area contributed by atoms with E-state index in [0.717, 1.165) is 61.9 Å². The summed E-state index contributed by atoms with van der Waals surface area (Å²) in [5.74, 6) is 1.78. The first-order valence-electron chi connectivity index (χ1n) is 8.22. The molecule has 0 aliphatic carbocycles. The van der Waals surface area contributed by atoms with Crippen LogP contribution in [0.5, 0.6) is 0 Å². The fourth-order valence-corrected chi connectivity index (χ4v) is 2.83. The molecule has 118 valence electrons. The topological polar surface area (TPSA) is 50.3 Å². The minimum absolute atomic E-state index is 0.720. The molecule has 5 nitrogen and oxygen atoms in total. The molecule has 0 spiro atoms. The molecule has 1 aromatic heterocycles. The zero-order valence-electron chi connectivity index (χ0n) is 13.2. The van der Waals surface area contributed by atoms with Gasteiger partial charge in [0.15, 0.2) is 0 Å². The van der Waals surface area contributed by atoms with Crippen LogP contribution in [0.4, 0.5) is 11.8 Å². The zero-order chi connectivity index (χ0) is 15.2. The van der Waals surface area contributed by atoms with E-state index in [0.29, 0.717) is 0 Å². The van der Waals surface area contributed by atoms with Gasteiger partial charge in [0, 0.05) is 38.2 Å². The molecule has 0 radical (unpaired) electrons. The largest absolute Gasteiger partial charge is 0.382 e. The molecule has 0 saturated carbocycles. The van der Waals surface area contributed by atoms with Crippen molar-refractivity contribution in [1.29, 1.82) is 0 Å². The number of rotatable bonds is 7. The summed E-state index contributed by atoms with van der Waals surface area (Å²) < 4.78 is 5.36. The van der Waals surface area contributed by atoms with Gasteiger partial charge in [-0.15, -0.1) is 0 Å². The SMILES string of the molecule is CCOCCCNc1nc(N2CCCC2)c2ccccc2n1. The summed E-state index contributed by atoms with van der Waals surface area (Å²) in [6, 6.07) is 8.26. The van der Waals surface area contributed by atoms with E-state index in [9.17, 15) is 0 Å². The van der Waals surface area contributed by atoms with Crippen molar-refractivity contribution in [2.24, 2.45) is 0 Å². The van der Waals surface area contributed by atoms with Crippen molar-refractivity contribution in [3.05, 3.63) is 24.3 Å². The first-order valence-corrected chi connectivity index (χ1v) is 8.22. The minimum atomic E-state index is 0.720. The molecule has 1 saturated heterocycles. The molecule has 2 aromatic rings. The maximum atomic E-state index is 5.36. The number of nitrogens with one attached hydrogen (secondary N) is 1. The van der Waals surface area contributed by atoms with Gasteiger partial charge < -0.3 is 15.0 Å². The van der Waals surface area contributed by atoms with Crippen molar-refractivity contribution >= 4 is 22.7 Å². The monoisotopic (exact) mass is 300 g/mol. The standard InChI is InChI=1S/C17H24N4O/c1-2-22-13-7-10-18-17-19-15-9-4-3-8-14(15)16(20-17)21-11-5-6-12-21/h3-4,8-9H,2,5-7,10-13H2,1H3,(H,18,19,20). The predicted molar refractivity (Wildman–Crippen MR) is 90.6 cm³/mol. The molecule has 5 heteroatoms. The summed E-state index contributed by atoms with van der Waals surface area (Å²) >= 11 is 0. The van der Waals surface area contributed by atoms with E-state index < -0.39 is 0 Å². The first-order chi connectivity index (χ1) is 10.9. The van der Waals surface area contributed by atoms with Crippen LogP contribution in [0.3, 0.4) is 0 Å². The molecule has 0 unspecified atom stereocenters. The van der Waals surface area contributed by atoms with Crippen LogP contribution in [0.2, 0.25) is 0 Å². The lowest BCUT2D eigenvalue weighted by Crippen LogP contribution is -2.20. The van der Waals surface area contributed by atoms with Crippen LogP contribution in [-0.2, 0) is 4.74 Å². The normalized spacial score (nSPS) is 14.7. The molecule has 1 fully saturated rings. The van der Waals surface area contributed by atoms with Crippen LogP contribution < -0.4 is 10.2 Å². The number of hydrogen-bond acceptors (Lipinski definition) is 5. The molecular weight excluding hydrogens is 276 g/mol. The van der Waals surface area contributed by atoms with Crippen LogP contribution in [0.25, 0.3) is 10.9 Å². The third kappa shape index (κ3) is 3.47. The Morgan fingerprint density at radius 1 is 1.18 bits per heavy atom. The first kappa shape index (κ1) is 15.0. The van der Waals surface area contributed by atoms with Gasteiger partial charge in [-0.25, -0.2) is 4.98 Å². The lowest BCUT2D eigenvalue weighted by molar-refractivity contribution is 0.147. The maximum Gasteiger partial charge on any atom is 0.225 e. The van der Waals surface area contributed by atoms with Gasteiger partial charge in [-0.1, -0.05) is 12.1 Å². The highest BCUT2D eigenvalue weighted by Crippen LogP contribution is 2.27. The maximum absolute atomic E-state index is 5.36. The van der Waals surface area contributed by atoms with Gasteiger partial charge in [-0.05, 0) is 38.3 Å². The third-order valence-corrected chi connectivity index (χ3v) is 3.94. The Balaban J connectivity index is 1.78. The Kier molecular flexibility index (Phi) is 5.06. The molecular formula is C17H24N4O. The van der Waals surface area contributed by atoms with Crippen molar-refractivity contribution in [1.82, 2.24) is 9.97 Å². The highest BCUT2D eigenvalue weighted by Gasteiger charge is 2.17. The van der Waals surface area contributed by atoms with Gasteiger partial charge in [-0.3, -0.25) is 0 Å². The molecule has 1 aliphatic heterocycles. The lowest BCUT2D eigenvalue weighted by atomic mass is 10.2. The van der Waals surface area contributed by atoms with Gasteiger partial charge in [0.05, 0.1) is 5.52 Å². The van der Waals surface area contributed by atoms with Crippen molar-refractivity contribution in [3.8, 4) is 0 Å². The molecule has 0 atom stereocenters. The van der Waals surface area contributed by atoms with Crippen molar-refractivity contribution in [3.63, 3.8) is 0 Å². The molecule has 0 bridgehead atoms. The van der Waals surface area contributed by atoms with E-state index in [1.807, 2.05) is 13.0 Å². The molecule has 1 N–H and O–H groups in total. The quantitative estimate of drug-likeness (QED) is 0.796. The summed E-state index contributed by atoms with van der Waals surface area (Å²) in [5, 5.41) is 4.47. The Morgan fingerprint density at radius 3 is 2.82 bits per heavy atom. The van der Waals surface area contributed by atoms with Crippen LogP contribution in [0.1, 0.15) is 26.2 Å². The number of fused-ring (bicyclic) bond motifs is 1. The van der Waals surface area contributed by atoms with E-state index in [1.165, 1.54) is 12.8 Å². The molecule has 1 aromatic carbocycles. The van der Waals surface area contributed by atoms with Gasteiger partial charge in [0.1, 0.15) is 5.82 Å². The summed E-state index contributed by atoms with van der Waals surface area (Å²) in [6.45, 7) is 6.57. The van der Waals surface area contributed by atoms with Gasteiger partial charge in [0.2, 0.25) is 5.95 Å². The Hall–Kier alpha value is -1.88. The van der Waals surface area contributed by atoms with E-state index >= 15 is 0 Å². The van der Waals surface area contributed by atoms with Crippen molar-refractivity contribution in [2.45, 2.75) is 26.2 Å². The van der Waals surface area contributed by atoms with Gasteiger partial charge in [-0.2, -0.15) is 4.98 Å². The highest BCUT2D eigenvalue weighted by molar-refractivity contribution is 5.90. The van der Waals surface area contributed by atoms with Crippen molar-refractivity contribution < 1.29 is 4.74 Å². The van der Waals surface area contributed by atoms with Crippen LogP contribution in [-0.4, -0.2) is 42.8 Å². The highest BCUT2D eigenvalue weighted by atomic mass is 16.5. The Morgan fingerprint density at radius 2 is 2.00 bits per heavy atom. The van der Waals surface area contributed by atoms with Crippen molar-refractivity contribution in [2.75, 3.05) is 43.1 Å². The molecule has 2 heterocycles. The van der Waals surface area contributed by atoms with E-state index in [-0.39, 0.29) is 0 Å². The zero-order valence-corrected chi connectivity index (χ0v) is 13.2. The number of nitrogens with zero attached hydrogens (tertiary/aromatic N) is 3. The van der Waals surface area contributed by atoms with Crippen LogP contribution in [0, 0.1) is 0 Å². The second-order valence-corrected chi connectivity index (χ2v) is 5.56.